The number of rotatable bonds is 6. The molecule has 2 N–H and O–H groups in total. The Hall–Kier alpha value is -0.720. The highest BCUT2D eigenvalue weighted by atomic mass is 32.1. The van der Waals surface area contributed by atoms with Crippen molar-refractivity contribution in [2.45, 2.75) is 26.6 Å². The van der Waals surface area contributed by atoms with Crippen LogP contribution in [0.3, 0.4) is 0 Å². The third-order valence-electron chi connectivity index (χ3n) is 1.65. The minimum Gasteiger partial charge on any atom is -0.388 e. The van der Waals surface area contributed by atoms with Gasteiger partial charge in [-0.1, -0.05) is 4.49 Å². The quantitative estimate of drug-likeness (QED) is 0.771. The zero-order valence-corrected chi connectivity index (χ0v) is 9.21. The standard InChI is InChI=1S/C8H15N3O2S/c1-3-12-4-6(2)13-5-7-8(9)14-11-10-7/h6H,3-5,9H2,1-2H3. The van der Waals surface area contributed by atoms with Gasteiger partial charge in [0.05, 0.1) is 19.3 Å². The van der Waals surface area contributed by atoms with E-state index >= 15 is 0 Å². The Bertz CT molecular complexity index is 267. The van der Waals surface area contributed by atoms with Crippen molar-refractivity contribution in [1.29, 1.82) is 0 Å². The van der Waals surface area contributed by atoms with E-state index in [4.69, 9.17) is 15.2 Å². The van der Waals surface area contributed by atoms with E-state index in [1.807, 2.05) is 13.8 Å². The lowest BCUT2D eigenvalue weighted by Crippen LogP contribution is -2.16. The molecule has 1 unspecified atom stereocenters. The molecule has 6 heteroatoms. The van der Waals surface area contributed by atoms with Crippen LogP contribution in [0.25, 0.3) is 0 Å². The van der Waals surface area contributed by atoms with Gasteiger partial charge >= 0.3 is 0 Å². The summed E-state index contributed by atoms with van der Waals surface area (Å²) in [5.41, 5.74) is 6.32. The molecule has 0 radical (unpaired) electrons. The predicted octanol–water partition coefficient (Wildman–Crippen LogP) is 1.06. The molecule has 0 aliphatic carbocycles. The first-order valence-corrected chi connectivity index (χ1v) is 5.27. The van der Waals surface area contributed by atoms with Crippen LogP contribution < -0.4 is 5.73 Å². The lowest BCUT2D eigenvalue weighted by molar-refractivity contribution is -0.0125. The van der Waals surface area contributed by atoms with Gasteiger partial charge in [-0.25, -0.2) is 0 Å². The second-order valence-corrected chi connectivity index (χ2v) is 3.65. The second kappa shape index (κ2) is 5.90. The van der Waals surface area contributed by atoms with Crippen molar-refractivity contribution in [2.75, 3.05) is 18.9 Å². The van der Waals surface area contributed by atoms with E-state index < -0.39 is 0 Å². The highest BCUT2D eigenvalue weighted by molar-refractivity contribution is 7.09. The molecule has 1 heterocycles. The summed E-state index contributed by atoms with van der Waals surface area (Å²) in [7, 11) is 0. The molecule has 1 aromatic rings. The molecule has 0 spiro atoms. The maximum atomic E-state index is 5.61. The molecule has 80 valence electrons. The average Bonchev–Trinajstić information content (AvgIpc) is 2.58. The number of aromatic nitrogens is 2. The molecule has 0 amide bonds. The molecular weight excluding hydrogens is 202 g/mol. The average molecular weight is 217 g/mol. The molecule has 0 aliphatic heterocycles. The Morgan fingerprint density at radius 2 is 2.36 bits per heavy atom. The zero-order valence-electron chi connectivity index (χ0n) is 8.40. The molecule has 14 heavy (non-hydrogen) atoms. The normalized spacial score (nSPS) is 13.0. The first kappa shape index (κ1) is 11.4. The maximum absolute atomic E-state index is 5.61. The smallest absolute Gasteiger partial charge is 0.133 e. The van der Waals surface area contributed by atoms with Gasteiger partial charge in [-0.2, -0.15) is 0 Å². The van der Waals surface area contributed by atoms with E-state index in [1.54, 1.807) is 0 Å². The Balaban J connectivity index is 2.23. The summed E-state index contributed by atoms with van der Waals surface area (Å²) >= 11 is 1.18. The predicted molar refractivity (Wildman–Crippen MR) is 55.1 cm³/mol. The highest BCUT2D eigenvalue weighted by Gasteiger charge is 2.07. The minimum atomic E-state index is 0.0519. The van der Waals surface area contributed by atoms with Crippen molar-refractivity contribution in [3.05, 3.63) is 5.69 Å². The van der Waals surface area contributed by atoms with Crippen LogP contribution in [0.4, 0.5) is 5.00 Å². The summed E-state index contributed by atoms with van der Waals surface area (Å²) in [6.45, 7) is 5.60. The largest absolute Gasteiger partial charge is 0.388 e. The number of hydrogen-bond acceptors (Lipinski definition) is 6. The zero-order chi connectivity index (χ0) is 10.4. The monoisotopic (exact) mass is 217 g/mol. The van der Waals surface area contributed by atoms with Gasteiger partial charge in [0.15, 0.2) is 0 Å². The van der Waals surface area contributed by atoms with Gasteiger partial charge in [0.25, 0.3) is 0 Å². The van der Waals surface area contributed by atoms with Crippen LogP contribution in [0.5, 0.6) is 0 Å². The van der Waals surface area contributed by atoms with Gasteiger partial charge in [-0.05, 0) is 13.8 Å². The topological polar surface area (TPSA) is 70.3 Å². The van der Waals surface area contributed by atoms with Crippen molar-refractivity contribution in [3.8, 4) is 0 Å². The van der Waals surface area contributed by atoms with Crippen LogP contribution in [0.15, 0.2) is 0 Å². The number of hydrogen-bond donors (Lipinski definition) is 1. The Kier molecular flexibility index (Phi) is 4.78. The first-order chi connectivity index (χ1) is 6.74. The fourth-order valence-electron chi connectivity index (χ4n) is 0.869. The third kappa shape index (κ3) is 3.57. The summed E-state index contributed by atoms with van der Waals surface area (Å²) in [5, 5.41) is 4.46. The van der Waals surface area contributed by atoms with Gasteiger partial charge in [0.2, 0.25) is 0 Å². The number of anilines is 1. The van der Waals surface area contributed by atoms with Crippen molar-refractivity contribution >= 4 is 16.5 Å². The van der Waals surface area contributed by atoms with E-state index in [1.165, 1.54) is 11.5 Å². The first-order valence-electron chi connectivity index (χ1n) is 4.50. The molecule has 0 saturated carbocycles. The van der Waals surface area contributed by atoms with E-state index in [9.17, 15) is 0 Å². The number of nitrogen functional groups attached to an aromatic ring is 1. The second-order valence-electron chi connectivity index (χ2n) is 2.86. The van der Waals surface area contributed by atoms with Crippen molar-refractivity contribution in [2.24, 2.45) is 0 Å². The molecule has 1 rings (SSSR count). The lowest BCUT2D eigenvalue weighted by atomic mass is 10.4. The van der Waals surface area contributed by atoms with Gasteiger partial charge in [-0.15, -0.1) is 5.10 Å². The lowest BCUT2D eigenvalue weighted by Gasteiger charge is -2.11. The maximum Gasteiger partial charge on any atom is 0.133 e. The van der Waals surface area contributed by atoms with Crippen LogP contribution in [0.2, 0.25) is 0 Å². The Labute approximate surface area is 87.4 Å². The molecule has 1 atom stereocenters. The van der Waals surface area contributed by atoms with Crippen LogP contribution in [-0.4, -0.2) is 28.9 Å². The third-order valence-corrected chi connectivity index (χ3v) is 2.24. The summed E-state index contributed by atoms with van der Waals surface area (Å²) in [4.78, 5) is 0. The van der Waals surface area contributed by atoms with Gasteiger partial charge < -0.3 is 15.2 Å². The molecule has 0 aliphatic rings. The summed E-state index contributed by atoms with van der Waals surface area (Å²) < 4.78 is 14.4. The molecule has 0 fully saturated rings. The Morgan fingerprint density at radius 1 is 1.57 bits per heavy atom. The molecule has 0 saturated heterocycles. The van der Waals surface area contributed by atoms with E-state index in [0.29, 0.717) is 30.5 Å². The molecular formula is C8H15N3O2S. The van der Waals surface area contributed by atoms with E-state index in [2.05, 4.69) is 9.59 Å². The Morgan fingerprint density at radius 3 is 2.93 bits per heavy atom. The van der Waals surface area contributed by atoms with Crippen LogP contribution in [-0.2, 0) is 16.1 Å². The van der Waals surface area contributed by atoms with E-state index in [0.717, 1.165) is 0 Å². The SMILES string of the molecule is CCOCC(C)OCc1nnsc1N. The molecule has 0 aromatic carbocycles. The molecule has 1 aromatic heterocycles. The van der Waals surface area contributed by atoms with Crippen LogP contribution >= 0.6 is 11.5 Å². The fourth-order valence-corrected chi connectivity index (χ4v) is 1.30. The van der Waals surface area contributed by atoms with Crippen molar-refractivity contribution in [1.82, 2.24) is 9.59 Å². The summed E-state index contributed by atoms with van der Waals surface area (Å²) in [6, 6.07) is 0. The van der Waals surface area contributed by atoms with E-state index in [-0.39, 0.29) is 6.10 Å². The van der Waals surface area contributed by atoms with Gasteiger partial charge in [0.1, 0.15) is 10.7 Å². The summed E-state index contributed by atoms with van der Waals surface area (Å²) in [6.07, 6.45) is 0.0519. The van der Waals surface area contributed by atoms with Gasteiger partial charge in [0, 0.05) is 18.1 Å². The van der Waals surface area contributed by atoms with Crippen LogP contribution in [0.1, 0.15) is 19.5 Å². The highest BCUT2D eigenvalue weighted by Crippen LogP contribution is 2.13. The summed E-state index contributed by atoms with van der Waals surface area (Å²) in [5.74, 6) is 0. The molecule has 5 nitrogen and oxygen atoms in total. The number of nitrogens with two attached hydrogens (primary N) is 1. The van der Waals surface area contributed by atoms with Gasteiger partial charge in [-0.3, -0.25) is 0 Å². The van der Waals surface area contributed by atoms with Crippen LogP contribution in [0, 0.1) is 0 Å². The molecule has 0 bridgehead atoms. The fraction of sp³-hybridized carbons (Fsp3) is 0.750. The number of ether oxygens (including phenoxy) is 2. The van der Waals surface area contributed by atoms with Crippen molar-refractivity contribution in [3.63, 3.8) is 0 Å². The number of nitrogens with zero attached hydrogens (tertiary/aromatic N) is 2. The minimum absolute atomic E-state index is 0.0519. The van der Waals surface area contributed by atoms with Crippen molar-refractivity contribution < 1.29 is 9.47 Å².